The van der Waals surface area contributed by atoms with Gasteiger partial charge in [0.25, 0.3) is 5.91 Å². The standard InChI is InChI=1S/C25H24FN3O3S/c1-3-16-6-8-17(9-7-16)22(20-5-4-14-33-20)27-21(30)15-29-23(31)25(2,28-24(29)32)18-10-12-19(26)13-11-18/h4-14,22H,3,15H2,1-2H3,(H,27,30)(H,28,32). The summed E-state index contributed by atoms with van der Waals surface area (Å²) < 4.78 is 13.3. The third-order valence-corrected chi connectivity index (χ3v) is 6.79. The molecule has 1 aliphatic rings. The fourth-order valence-corrected chi connectivity index (χ4v) is 4.69. The molecule has 1 saturated heterocycles. The molecule has 4 amide bonds. The van der Waals surface area contributed by atoms with E-state index in [-0.39, 0.29) is 0 Å². The Kier molecular flexibility index (Phi) is 6.29. The molecule has 0 radical (unpaired) electrons. The van der Waals surface area contributed by atoms with Gasteiger partial charge in [-0.2, -0.15) is 0 Å². The minimum atomic E-state index is -1.37. The zero-order valence-electron chi connectivity index (χ0n) is 18.3. The number of thiophene rings is 1. The van der Waals surface area contributed by atoms with Gasteiger partial charge in [-0.25, -0.2) is 9.18 Å². The van der Waals surface area contributed by atoms with E-state index in [4.69, 9.17) is 0 Å². The van der Waals surface area contributed by atoms with Crippen molar-refractivity contribution >= 4 is 29.2 Å². The average molecular weight is 466 g/mol. The van der Waals surface area contributed by atoms with Crippen LogP contribution in [0.5, 0.6) is 0 Å². The summed E-state index contributed by atoms with van der Waals surface area (Å²) in [6, 6.07) is 16.1. The second-order valence-electron chi connectivity index (χ2n) is 8.06. The molecular weight excluding hydrogens is 441 g/mol. The number of nitrogens with zero attached hydrogens (tertiary/aromatic N) is 1. The first kappa shape index (κ1) is 22.7. The Labute approximate surface area is 195 Å². The van der Waals surface area contributed by atoms with Crippen molar-refractivity contribution < 1.29 is 18.8 Å². The number of urea groups is 1. The average Bonchev–Trinajstić information content (AvgIpc) is 3.42. The number of carbonyl (C=O) groups is 3. The Balaban J connectivity index is 1.52. The fourth-order valence-electron chi connectivity index (χ4n) is 3.89. The predicted octanol–water partition coefficient (Wildman–Crippen LogP) is 4.12. The molecule has 6 nitrogen and oxygen atoms in total. The highest BCUT2D eigenvalue weighted by atomic mass is 32.1. The highest BCUT2D eigenvalue weighted by Gasteiger charge is 2.49. The van der Waals surface area contributed by atoms with Crippen molar-refractivity contribution in [3.8, 4) is 0 Å². The van der Waals surface area contributed by atoms with E-state index in [0.717, 1.165) is 21.8 Å². The molecule has 2 atom stereocenters. The van der Waals surface area contributed by atoms with Crippen LogP contribution in [0.1, 0.15) is 41.5 Å². The zero-order chi connectivity index (χ0) is 23.6. The topological polar surface area (TPSA) is 78.5 Å². The highest BCUT2D eigenvalue weighted by Crippen LogP contribution is 2.30. The number of carbonyl (C=O) groups excluding carboxylic acids is 3. The van der Waals surface area contributed by atoms with E-state index in [1.807, 2.05) is 41.8 Å². The number of rotatable bonds is 7. The maximum absolute atomic E-state index is 13.3. The van der Waals surface area contributed by atoms with Gasteiger partial charge in [-0.05, 0) is 53.6 Å². The molecule has 2 heterocycles. The Morgan fingerprint density at radius 2 is 1.82 bits per heavy atom. The minimum absolute atomic E-state index is 0.396. The van der Waals surface area contributed by atoms with E-state index in [9.17, 15) is 18.8 Å². The van der Waals surface area contributed by atoms with E-state index < -0.39 is 41.8 Å². The van der Waals surface area contributed by atoms with Gasteiger partial charge in [0.15, 0.2) is 0 Å². The van der Waals surface area contributed by atoms with Crippen LogP contribution in [0.4, 0.5) is 9.18 Å². The molecule has 2 N–H and O–H groups in total. The SMILES string of the molecule is CCc1ccc(C(NC(=O)CN2C(=O)NC(C)(c3ccc(F)cc3)C2=O)c2cccs2)cc1. The van der Waals surface area contributed by atoms with Crippen molar-refractivity contribution in [1.82, 2.24) is 15.5 Å². The summed E-state index contributed by atoms with van der Waals surface area (Å²) >= 11 is 1.51. The molecule has 2 unspecified atom stereocenters. The Morgan fingerprint density at radius 1 is 1.12 bits per heavy atom. The van der Waals surface area contributed by atoms with E-state index in [0.29, 0.717) is 5.56 Å². The lowest BCUT2D eigenvalue weighted by Crippen LogP contribution is -2.44. The summed E-state index contributed by atoms with van der Waals surface area (Å²) in [7, 11) is 0. The molecule has 1 aliphatic heterocycles. The summed E-state index contributed by atoms with van der Waals surface area (Å²) in [5.74, 6) is -1.46. The van der Waals surface area contributed by atoms with Gasteiger partial charge in [0.1, 0.15) is 17.9 Å². The van der Waals surface area contributed by atoms with Gasteiger partial charge in [0, 0.05) is 4.88 Å². The van der Waals surface area contributed by atoms with E-state index >= 15 is 0 Å². The minimum Gasteiger partial charge on any atom is -0.343 e. The fraction of sp³-hybridized carbons (Fsp3) is 0.240. The first-order valence-corrected chi connectivity index (χ1v) is 11.5. The molecule has 170 valence electrons. The number of benzene rings is 2. The van der Waals surface area contributed by atoms with Gasteiger partial charge < -0.3 is 10.6 Å². The third-order valence-electron chi connectivity index (χ3n) is 5.85. The number of hydrogen-bond acceptors (Lipinski definition) is 4. The summed E-state index contributed by atoms with van der Waals surface area (Å²) in [4.78, 5) is 40.5. The van der Waals surface area contributed by atoms with E-state index in [1.165, 1.54) is 41.2 Å². The zero-order valence-corrected chi connectivity index (χ0v) is 19.1. The summed E-state index contributed by atoms with van der Waals surface area (Å²) in [5, 5.41) is 7.53. The van der Waals surface area contributed by atoms with Crippen molar-refractivity contribution in [2.45, 2.75) is 31.8 Å². The van der Waals surface area contributed by atoms with Gasteiger partial charge >= 0.3 is 6.03 Å². The smallest absolute Gasteiger partial charge is 0.325 e. The second-order valence-corrected chi connectivity index (χ2v) is 9.04. The first-order chi connectivity index (χ1) is 15.8. The molecule has 8 heteroatoms. The van der Waals surface area contributed by atoms with Gasteiger partial charge in [-0.15, -0.1) is 11.3 Å². The van der Waals surface area contributed by atoms with Crippen LogP contribution in [-0.4, -0.2) is 29.3 Å². The summed E-state index contributed by atoms with van der Waals surface area (Å²) in [6.07, 6.45) is 0.912. The first-order valence-electron chi connectivity index (χ1n) is 10.6. The monoisotopic (exact) mass is 465 g/mol. The number of hydrogen-bond donors (Lipinski definition) is 2. The van der Waals surface area contributed by atoms with Gasteiger partial charge in [-0.3, -0.25) is 14.5 Å². The van der Waals surface area contributed by atoms with Crippen LogP contribution in [0.3, 0.4) is 0 Å². The molecule has 0 bridgehead atoms. The van der Waals surface area contributed by atoms with Crippen molar-refractivity contribution in [3.63, 3.8) is 0 Å². The maximum Gasteiger partial charge on any atom is 0.325 e. The van der Waals surface area contributed by atoms with Crippen LogP contribution in [0, 0.1) is 5.82 Å². The lowest BCUT2D eigenvalue weighted by atomic mass is 9.92. The molecule has 0 spiro atoms. The molecule has 33 heavy (non-hydrogen) atoms. The highest BCUT2D eigenvalue weighted by molar-refractivity contribution is 7.10. The molecule has 0 saturated carbocycles. The van der Waals surface area contributed by atoms with Crippen LogP contribution < -0.4 is 10.6 Å². The van der Waals surface area contributed by atoms with E-state index in [1.54, 1.807) is 6.92 Å². The predicted molar refractivity (Wildman–Crippen MR) is 124 cm³/mol. The van der Waals surface area contributed by atoms with Crippen LogP contribution in [0.25, 0.3) is 0 Å². The normalized spacial score (nSPS) is 18.8. The van der Waals surface area contributed by atoms with Crippen molar-refractivity contribution in [3.05, 3.63) is 93.4 Å². The largest absolute Gasteiger partial charge is 0.343 e. The molecule has 3 aromatic rings. The Morgan fingerprint density at radius 3 is 2.42 bits per heavy atom. The Hall–Kier alpha value is -3.52. The van der Waals surface area contributed by atoms with Crippen LogP contribution in [0.2, 0.25) is 0 Å². The number of halogens is 1. The van der Waals surface area contributed by atoms with Crippen LogP contribution in [-0.2, 0) is 21.5 Å². The van der Waals surface area contributed by atoms with Gasteiger partial charge in [-0.1, -0.05) is 49.4 Å². The molecule has 1 aromatic heterocycles. The van der Waals surface area contributed by atoms with Gasteiger partial charge in [0.2, 0.25) is 5.91 Å². The molecule has 1 fully saturated rings. The summed E-state index contributed by atoms with van der Waals surface area (Å²) in [5.41, 5.74) is 1.18. The number of amides is 4. The van der Waals surface area contributed by atoms with Crippen molar-refractivity contribution in [2.75, 3.05) is 6.54 Å². The van der Waals surface area contributed by atoms with Crippen molar-refractivity contribution in [2.24, 2.45) is 0 Å². The van der Waals surface area contributed by atoms with Crippen molar-refractivity contribution in [1.29, 1.82) is 0 Å². The molecule has 2 aromatic carbocycles. The molecule has 4 rings (SSSR count). The summed E-state index contributed by atoms with van der Waals surface area (Å²) in [6.45, 7) is 3.20. The molecule has 0 aliphatic carbocycles. The Bertz CT molecular complexity index is 1160. The van der Waals surface area contributed by atoms with E-state index in [2.05, 4.69) is 17.6 Å². The second kappa shape index (κ2) is 9.15. The molecular formula is C25H24FN3O3S. The number of imide groups is 1. The number of nitrogens with one attached hydrogen (secondary N) is 2. The lowest BCUT2D eigenvalue weighted by molar-refractivity contribution is -0.135. The van der Waals surface area contributed by atoms with Crippen LogP contribution >= 0.6 is 11.3 Å². The van der Waals surface area contributed by atoms with Gasteiger partial charge in [0.05, 0.1) is 6.04 Å². The number of aryl methyl sites for hydroxylation is 1. The van der Waals surface area contributed by atoms with Crippen LogP contribution in [0.15, 0.2) is 66.0 Å². The lowest BCUT2D eigenvalue weighted by Gasteiger charge is -2.23. The third kappa shape index (κ3) is 4.52. The quantitative estimate of drug-likeness (QED) is 0.515. The maximum atomic E-state index is 13.3.